The highest BCUT2D eigenvalue weighted by atomic mass is 16.5. The fourth-order valence-electron chi connectivity index (χ4n) is 2.70. The van der Waals surface area contributed by atoms with E-state index in [0.717, 1.165) is 5.56 Å². The molecule has 120 valence electrons. The Balaban J connectivity index is 2.12. The van der Waals surface area contributed by atoms with Gasteiger partial charge in [0.15, 0.2) is 0 Å². The third-order valence-electron chi connectivity index (χ3n) is 3.71. The summed E-state index contributed by atoms with van der Waals surface area (Å²) in [5.74, 6) is -0.202. The van der Waals surface area contributed by atoms with Crippen molar-refractivity contribution in [2.24, 2.45) is 0 Å². The molecule has 0 unspecified atom stereocenters. The van der Waals surface area contributed by atoms with Crippen LogP contribution in [0.25, 0.3) is 0 Å². The second-order valence-corrected chi connectivity index (χ2v) is 5.27. The lowest BCUT2D eigenvalue weighted by molar-refractivity contribution is -0.149. The summed E-state index contributed by atoms with van der Waals surface area (Å²) in [7, 11) is 0. The Labute approximate surface area is 130 Å². The first-order valence-corrected chi connectivity index (χ1v) is 7.44. The molecule has 1 heterocycles. The van der Waals surface area contributed by atoms with Gasteiger partial charge in [0.05, 0.1) is 19.3 Å². The van der Waals surface area contributed by atoms with Crippen molar-refractivity contribution in [1.82, 2.24) is 10.2 Å². The monoisotopic (exact) mass is 306 g/mol. The van der Waals surface area contributed by atoms with Crippen molar-refractivity contribution in [1.29, 1.82) is 0 Å². The van der Waals surface area contributed by atoms with Gasteiger partial charge in [-0.1, -0.05) is 30.3 Å². The van der Waals surface area contributed by atoms with E-state index >= 15 is 0 Å². The van der Waals surface area contributed by atoms with E-state index in [2.05, 4.69) is 5.32 Å². The molecule has 0 aromatic heterocycles. The standard InChI is InChI=1S/C16H22N2O4/c1-12(20)17-8-7-15(21)18-9-10-22-14(11-19)16(18)13-5-3-2-4-6-13/h2-6,14,16,19H,7-11H2,1H3,(H,17,20)/t14-,16-/m1/s1. The van der Waals surface area contributed by atoms with Gasteiger partial charge in [-0.3, -0.25) is 9.59 Å². The lowest BCUT2D eigenvalue weighted by Crippen LogP contribution is -2.50. The van der Waals surface area contributed by atoms with Crippen LogP contribution in [-0.2, 0) is 14.3 Å². The number of carbonyl (C=O) groups excluding carboxylic acids is 2. The van der Waals surface area contributed by atoms with Gasteiger partial charge in [-0.15, -0.1) is 0 Å². The molecule has 6 heteroatoms. The molecule has 1 saturated heterocycles. The maximum atomic E-state index is 12.5. The summed E-state index contributed by atoms with van der Waals surface area (Å²) in [6.45, 7) is 2.48. The second kappa shape index (κ2) is 7.91. The molecule has 22 heavy (non-hydrogen) atoms. The van der Waals surface area contributed by atoms with Gasteiger partial charge in [0, 0.05) is 26.4 Å². The topological polar surface area (TPSA) is 78.9 Å². The molecular formula is C16H22N2O4. The molecule has 0 saturated carbocycles. The Kier molecular flexibility index (Phi) is 5.91. The van der Waals surface area contributed by atoms with E-state index in [1.54, 1.807) is 4.90 Å². The Bertz CT molecular complexity index is 506. The molecule has 0 aliphatic carbocycles. The van der Waals surface area contributed by atoms with Crippen LogP contribution < -0.4 is 5.32 Å². The van der Waals surface area contributed by atoms with E-state index in [4.69, 9.17) is 4.74 Å². The van der Waals surface area contributed by atoms with Crippen LogP contribution in [0.5, 0.6) is 0 Å². The molecule has 2 atom stereocenters. The highest BCUT2D eigenvalue weighted by Gasteiger charge is 2.35. The van der Waals surface area contributed by atoms with Crippen LogP contribution in [0.15, 0.2) is 30.3 Å². The normalized spacial score (nSPS) is 21.5. The molecule has 2 N–H and O–H groups in total. The number of benzene rings is 1. The van der Waals surface area contributed by atoms with Gasteiger partial charge in [-0.05, 0) is 5.56 Å². The summed E-state index contributed by atoms with van der Waals surface area (Å²) in [5, 5.41) is 12.2. The number of carbonyl (C=O) groups is 2. The number of nitrogens with zero attached hydrogens (tertiary/aromatic N) is 1. The van der Waals surface area contributed by atoms with Crippen molar-refractivity contribution in [3.63, 3.8) is 0 Å². The molecule has 0 bridgehead atoms. The predicted molar refractivity (Wildman–Crippen MR) is 81.0 cm³/mol. The maximum absolute atomic E-state index is 12.5. The number of ether oxygens (including phenoxy) is 1. The summed E-state index contributed by atoms with van der Waals surface area (Å²) < 4.78 is 5.60. The zero-order chi connectivity index (χ0) is 15.9. The Hall–Kier alpha value is -1.92. The average Bonchev–Trinajstić information content (AvgIpc) is 2.54. The number of morpholine rings is 1. The van der Waals surface area contributed by atoms with Gasteiger partial charge in [0.1, 0.15) is 6.10 Å². The number of hydrogen-bond donors (Lipinski definition) is 2. The number of aliphatic hydroxyl groups is 1. The van der Waals surface area contributed by atoms with E-state index in [9.17, 15) is 14.7 Å². The van der Waals surface area contributed by atoms with Crippen LogP contribution in [-0.4, -0.2) is 54.2 Å². The van der Waals surface area contributed by atoms with Crippen molar-refractivity contribution < 1.29 is 19.4 Å². The number of amides is 2. The minimum Gasteiger partial charge on any atom is -0.394 e. The van der Waals surface area contributed by atoms with Crippen molar-refractivity contribution in [3.05, 3.63) is 35.9 Å². The summed E-state index contributed by atoms with van der Waals surface area (Å²) in [6.07, 6.45) is -0.193. The van der Waals surface area contributed by atoms with Crippen LogP contribution in [0.2, 0.25) is 0 Å². The molecule has 1 aromatic carbocycles. The number of hydrogen-bond acceptors (Lipinski definition) is 4. The van der Waals surface area contributed by atoms with Crippen LogP contribution in [0.3, 0.4) is 0 Å². The van der Waals surface area contributed by atoms with E-state index in [-0.39, 0.29) is 30.9 Å². The summed E-state index contributed by atoms with van der Waals surface area (Å²) >= 11 is 0. The molecule has 2 rings (SSSR count). The fourth-order valence-corrected chi connectivity index (χ4v) is 2.70. The molecule has 1 fully saturated rings. The van der Waals surface area contributed by atoms with E-state index in [0.29, 0.717) is 19.7 Å². The molecule has 1 aromatic rings. The van der Waals surface area contributed by atoms with Gasteiger partial charge >= 0.3 is 0 Å². The Morgan fingerprint density at radius 2 is 2.09 bits per heavy atom. The van der Waals surface area contributed by atoms with Crippen molar-refractivity contribution in [3.8, 4) is 0 Å². The maximum Gasteiger partial charge on any atom is 0.225 e. The quantitative estimate of drug-likeness (QED) is 0.829. The SMILES string of the molecule is CC(=O)NCCC(=O)N1CCO[C@H](CO)[C@H]1c1ccccc1. The highest BCUT2D eigenvalue weighted by molar-refractivity contribution is 5.78. The predicted octanol–water partition coefficient (Wildman–Crippen LogP) is 0.474. The van der Waals surface area contributed by atoms with Gasteiger partial charge in [-0.2, -0.15) is 0 Å². The smallest absolute Gasteiger partial charge is 0.225 e. The number of nitrogens with one attached hydrogen (secondary N) is 1. The van der Waals surface area contributed by atoms with Crippen LogP contribution in [0, 0.1) is 0 Å². The molecule has 1 aliphatic heterocycles. The molecule has 6 nitrogen and oxygen atoms in total. The second-order valence-electron chi connectivity index (χ2n) is 5.27. The van der Waals surface area contributed by atoms with Crippen LogP contribution in [0.1, 0.15) is 24.9 Å². The third kappa shape index (κ3) is 4.05. The molecular weight excluding hydrogens is 284 g/mol. The van der Waals surface area contributed by atoms with Gasteiger partial charge in [-0.25, -0.2) is 0 Å². The van der Waals surface area contributed by atoms with Crippen LogP contribution >= 0.6 is 0 Å². The van der Waals surface area contributed by atoms with E-state index in [1.165, 1.54) is 6.92 Å². The Morgan fingerprint density at radius 3 is 2.73 bits per heavy atom. The number of rotatable bonds is 5. The van der Waals surface area contributed by atoms with E-state index < -0.39 is 6.10 Å². The van der Waals surface area contributed by atoms with Gasteiger partial charge < -0.3 is 20.1 Å². The zero-order valence-corrected chi connectivity index (χ0v) is 12.7. The number of aliphatic hydroxyl groups excluding tert-OH is 1. The first kappa shape index (κ1) is 16.5. The summed E-state index contributed by atoms with van der Waals surface area (Å²) in [6, 6.07) is 9.26. The molecule has 0 spiro atoms. The van der Waals surface area contributed by atoms with Crippen molar-refractivity contribution in [2.45, 2.75) is 25.5 Å². The third-order valence-corrected chi connectivity index (χ3v) is 3.71. The van der Waals surface area contributed by atoms with Crippen molar-refractivity contribution in [2.75, 3.05) is 26.3 Å². The summed E-state index contributed by atoms with van der Waals surface area (Å²) in [5.41, 5.74) is 0.939. The van der Waals surface area contributed by atoms with Gasteiger partial charge in [0.25, 0.3) is 0 Å². The zero-order valence-electron chi connectivity index (χ0n) is 12.7. The molecule has 1 aliphatic rings. The first-order chi connectivity index (χ1) is 10.6. The molecule has 0 radical (unpaired) electrons. The summed E-state index contributed by atoms with van der Waals surface area (Å²) in [4.78, 5) is 25.1. The lowest BCUT2D eigenvalue weighted by Gasteiger charge is -2.41. The van der Waals surface area contributed by atoms with Gasteiger partial charge in [0.2, 0.25) is 11.8 Å². The fraction of sp³-hybridized carbons (Fsp3) is 0.500. The van der Waals surface area contributed by atoms with Crippen LogP contribution in [0.4, 0.5) is 0 Å². The highest BCUT2D eigenvalue weighted by Crippen LogP contribution is 2.29. The average molecular weight is 306 g/mol. The van der Waals surface area contributed by atoms with E-state index in [1.807, 2.05) is 30.3 Å². The minimum atomic E-state index is -0.430. The Morgan fingerprint density at radius 1 is 1.36 bits per heavy atom. The lowest BCUT2D eigenvalue weighted by atomic mass is 9.98. The minimum absolute atomic E-state index is 0.0515. The molecule has 2 amide bonds. The largest absolute Gasteiger partial charge is 0.394 e. The van der Waals surface area contributed by atoms with Crippen molar-refractivity contribution >= 4 is 11.8 Å². The first-order valence-electron chi connectivity index (χ1n) is 7.44.